The van der Waals surface area contributed by atoms with Crippen LogP contribution in [0.3, 0.4) is 0 Å². The molecular formula is C23H35BrN2O6. The van der Waals surface area contributed by atoms with Gasteiger partial charge in [-0.25, -0.2) is 0 Å². The van der Waals surface area contributed by atoms with Gasteiger partial charge in [-0.1, -0.05) is 49.2 Å². The molecule has 3 aliphatic heterocycles. The molecule has 2 N–H and O–H groups in total. The number of carbonyl (C=O) groups excluding carboxylic acids is 2. The van der Waals surface area contributed by atoms with Gasteiger partial charge in [0.05, 0.1) is 30.6 Å². The first-order valence-electron chi connectivity index (χ1n) is 11.5. The van der Waals surface area contributed by atoms with Crippen molar-refractivity contribution in [2.24, 2.45) is 17.8 Å². The largest absolute Gasteiger partial charge is 0.481 e. The van der Waals surface area contributed by atoms with Crippen LogP contribution < -0.4 is 0 Å². The van der Waals surface area contributed by atoms with E-state index < -0.39 is 47.5 Å². The molecule has 0 saturated carbocycles. The molecule has 2 bridgehead atoms. The van der Waals surface area contributed by atoms with E-state index >= 15 is 0 Å². The van der Waals surface area contributed by atoms with Gasteiger partial charge >= 0.3 is 5.97 Å². The van der Waals surface area contributed by atoms with Crippen molar-refractivity contribution >= 4 is 33.7 Å². The Bertz CT molecular complexity index is 776. The van der Waals surface area contributed by atoms with E-state index in [1.54, 1.807) is 11.0 Å². The van der Waals surface area contributed by atoms with E-state index in [9.17, 15) is 24.6 Å². The van der Waals surface area contributed by atoms with Gasteiger partial charge in [0.1, 0.15) is 11.6 Å². The summed E-state index contributed by atoms with van der Waals surface area (Å²) in [7, 11) is 0. The Hall–Kier alpha value is -1.45. The van der Waals surface area contributed by atoms with Crippen LogP contribution in [0.4, 0.5) is 0 Å². The van der Waals surface area contributed by atoms with Crippen molar-refractivity contribution in [1.82, 2.24) is 9.80 Å². The zero-order valence-corrected chi connectivity index (χ0v) is 20.8. The summed E-state index contributed by atoms with van der Waals surface area (Å²) in [5.41, 5.74) is -1.23. The molecular weight excluding hydrogens is 480 g/mol. The highest BCUT2D eigenvalue weighted by atomic mass is 79.9. The fraction of sp³-hybridized carbons (Fsp3) is 0.783. The van der Waals surface area contributed by atoms with E-state index in [-0.39, 0.29) is 29.3 Å². The fourth-order valence-electron chi connectivity index (χ4n) is 5.96. The van der Waals surface area contributed by atoms with E-state index in [4.69, 9.17) is 4.74 Å². The van der Waals surface area contributed by atoms with E-state index in [0.717, 1.165) is 12.8 Å². The lowest BCUT2D eigenvalue weighted by Crippen LogP contribution is -2.60. The van der Waals surface area contributed by atoms with Crippen LogP contribution in [0.2, 0.25) is 0 Å². The van der Waals surface area contributed by atoms with Crippen LogP contribution in [0.15, 0.2) is 12.7 Å². The van der Waals surface area contributed by atoms with Gasteiger partial charge in [0.25, 0.3) is 0 Å². The molecule has 8 atom stereocenters. The first-order valence-corrected chi connectivity index (χ1v) is 12.4. The third-order valence-corrected chi connectivity index (χ3v) is 8.25. The average Bonchev–Trinajstić information content (AvgIpc) is 3.30. The third kappa shape index (κ3) is 3.70. The molecule has 4 unspecified atom stereocenters. The molecule has 32 heavy (non-hydrogen) atoms. The maximum atomic E-state index is 14.1. The molecule has 3 aliphatic rings. The molecule has 2 amide bonds. The Labute approximate surface area is 198 Å². The number of ether oxygens (including phenoxy) is 1. The first kappa shape index (κ1) is 25.2. The predicted molar refractivity (Wildman–Crippen MR) is 122 cm³/mol. The number of amides is 2. The number of hydrogen-bond acceptors (Lipinski definition) is 5. The van der Waals surface area contributed by atoms with Crippen LogP contribution in [-0.4, -0.2) is 85.6 Å². The molecule has 3 saturated heterocycles. The molecule has 0 aromatic heterocycles. The molecule has 3 heterocycles. The molecule has 9 heteroatoms. The van der Waals surface area contributed by atoms with Crippen molar-refractivity contribution < 1.29 is 29.3 Å². The number of carbonyl (C=O) groups is 3. The molecule has 180 valence electrons. The van der Waals surface area contributed by atoms with Gasteiger partial charge in [0, 0.05) is 17.4 Å². The number of halogens is 1. The normalized spacial score (nSPS) is 35.2. The second-order valence-corrected chi connectivity index (χ2v) is 10.8. The highest BCUT2D eigenvalue weighted by Crippen LogP contribution is 2.60. The summed E-state index contributed by atoms with van der Waals surface area (Å²) in [4.78, 5) is 42.9. The van der Waals surface area contributed by atoms with Crippen LogP contribution in [-0.2, 0) is 19.1 Å². The number of carboxylic acid groups (broad SMARTS) is 1. The Morgan fingerprint density at radius 1 is 1.41 bits per heavy atom. The average molecular weight is 515 g/mol. The summed E-state index contributed by atoms with van der Waals surface area (Å²) >= 11 is 3.55. The predicted octanol–water partition coefficient (Wildman–Crippen LogP) is 2.04. The maximum absolute atomic E-state index is 14.1. The van der Waals surface area contributed by atoms with E-state index in [2.05, 4.69) is 22.5 Å². The third-order valence-electron chi connectivity index (χ3n) is 7.41. The van der Waals surface area contributed by atoms with Crippen LogP contribution in [0.5, 0.6) is 0 Å². The number of aliphatic hydroxyl groups excluding tert-OH is 1. The minimum Gasteiger partial charge on any atom is -0.481 e. The number of nitrogens with zero attached hydrogens (tertiary/aromatic N) is 2. The molecule has 0 radical (unpaired) electrons. The zero-order valence-electron chi connectivity index (χ0n) is 19.2. The highest BCUT2D eigenvalue weighted by Gasteiger charge is 2.77. The van der Waals surface area contributed by atoms with Crippen LogP contribution in [0.1, 0.15) is 47.0 Å². The molecule has 8 nitrogen and oxygen atoms in total. The monoisotopic (exact) mass is 514 g/mol. The summed E-state index contributed by atoms with van der Waals surface area (Å²) in [5.74, 6) is -3.89. The number of aliphatic carboxylic acids is 1. The van der Waals surface area contributed by atoms with Crippen molar-refractivity contribution in [3.05, 3.63) is 12.7 Å². The summed E-state index contributed by atoms with van der Waals surface area (Å²) in [6.07, 6.45) is 3.02. The lowest BCUT2D eigenvalue weighted by molar-refractivity contribution is -0.155. The quantitative estimate of drug-likeness (QED) is 0.341. The Morgan fingerprint density at radius 2 is 2.06 bits per heavy atom. The SMILES string of the molecule is C=CCN(C(=O)C1N([C@@H](CO)C(C)C)C(=O)[C@@H]2[C@H](C(=O)O)[C@H]3OC12CC3Br)C(C)CCC. The van der Waals surface area contributed by atoms with E-state index in [1.807, 2.05) is 27.7 Å². The lowest BCUT2D eigenvalue weighted by atomic mass is 9.70. The summed E-state index contributed by atoms with van der Waals surface area (Å²) in [6.45, 7) is 11.6. The van der Waals surface area contributed by atoms with Gasteiger partial charge in [-0.3, -0.25) is 14.4 Å². The number of fused-ring (bicyclic) bond motifs is 1. The highest BCUT2D eigenvalue weighted by molar-refractivity contribution is 9.09. The molecule has 0 aromatic rings. The summed E-state index contributed by atoms with van der Waals surface area (Å²) in [5, 5.41) is 20.1. The molecule has 0 aliphatic carbocycles. The maximum Gasteiger partial charge on any atom is 0.310 e. The van der Waals surface area contributed by atoms with Crippen LogP contribution in [0.25, 0.3) is 0 Å². The first-order chi connectivity index (χ1) is 15.1. The van der Waals surface area contributed by atoms with Crippen molar-refractivity contribution in [3.8, 4) is 0 Å². The van der Waals surface area contributed by atoms with Gasteiger partial charge in [0.15, 0.2) is 0 Å². The van der Waals surface area contributed by atoms with E-state index in [0.29, 0.717) is 13.0 Å². The topological polar surface area (TPSA) is 107 Å². The van der Waals surface area contributed by atoms with Crippen LogP contribution in [0, 0.1) is 17.8 Å². The van der Waals surface area contributed by atoms with Crippen LogP contribution >= 0.6 is 15.9 Å². The number of rotatable bonds is 10. The minimum atomic E-state index is -1.23. The van der Waals surface area contributed by atoms with Gasteiger partial charge in [-0.15, -0.1) is 6.58 Å². The zero-order chi connectivity index (χ0) is 24.0. The molecule has 0 aromatic carbocycles. The standard InChI is InChI=1S/C23H35BrN2O6/c1-6-8-13(5)25(9-7-2)21(29)19-23-10-14(24)18(32-23)16(22(30)31)17(23)20(28)26(19)15(11-27)12(3)4/h7,12-19,27H,2,6,8-11H2,1,3-5H3,(H,30,31)/t13?,14?,15-,16-,17-,18-,19?,23?/m0/s1. The number of hydrogen-bond donors (Lipinski definition) is 2. The van der Waals surface area contributed by atoms with E-state index in [1.165, 1.54) is 4.90 Å². The van der Waals surface area contributed by atoms with Gasteiger partial charge in [-0.2, -0.15) is 0 Å². The number of likely N-dealkylation sites (tertiary alicyclic amines) is 1. The number of carboxylic acids is 1. The smallest absolute Gasteiger partial charge is 0.310 e. The fourth-order valence-corrected chi connectivity index (χ4v) is 6.91. The lowest BCUT2D eigenvalue weighted by Gasteiger charge is -2.41. The summed E-state index contributed by atoms with van der Waals surface area (Å²) < 4.78 is 6.30. The van der Waals surface area contributed by atoms with Gasteiger partial charge in [0.2, 0.25) is 11.8 Å². The van der Waals surface area contributed by atoms with Crippen molar-refractivity contribution in [3.63, 3.8) is 0 Å². The van der Waals surface area contributed by atoms with Crippen molar-refractivity contribution in [2.45, 2.75) is 81.6 Å². The second kappa shape index (κ2) is 9.43. The van der Waals surface area contributed by atoms with Crippen molar-refractivity contribution in [2.75, 3.05) is 13.2 Å². The summed E-state index contributed by atoms with van der Waals surface area (Å²) in [6, 6.07) is -1.69. The Kier molecular flexibility index (Phi) is 7.42. The number of alkyl halides is 1. The van der Waals surface area contributed by atoms with Crippen molar-refractivity contribution in [1.29, 1.82) is 0 Å². The second-order valence-electron chi connectivity index (χ2n) is 9.66. The van der Waals surface area contributed by atoms with Gasteiger partial charge in [-0.05, 0) is 25.7 Å². The minimum absolute atomic E-state index is 0.0850. The number of aliphatic hydroxyl groups is 1. The Morgan fingerprint density at radius 3 is 2.56 bits per heavy atom. The molecule has 3 rings (SSSR count). The Balaban J connectivity index is 2.14. The molecule has 3 fully saturated rings. The molecule has 1 spiro atoms. The van der Waals surface area contributed by atoms with Gasteiger partial charge < -0.3 is 24.7 Å².